The summed E-state index contributed by atoms with van der Waals surface area (Å²) in [5.41, 5.74) is 0. The fraction of sp³-hybridized carbons (Fsp3) is 0.833. The van der Waals surface area contributed by atoms with Crippen molar-refractivity contribution >= 4 is 11.9 Å². The van der Waals surface area contributed by atoms with Gasteiger partial charge < -0.3 is 10.4 Å². The molecule has 17 heavy (non-hydrogen) atoms. The predicted octanol–water partition coefficient (Wildman–Crippen LogP) is 0.888. The Morgan fingerprint density at radius 3 is 2.35 bits per heavy atom. The van der Waals surface area contributed by atoms with Gasteiger partial charge in [0.05, 0.1) is 6.54 Å². The fourth-order valence-corrected chi connectivity index (χ4v) is 2.04. The van der Waals surface area contributed by atoms with Gasteiger partial charge in [-0.25, -0.2) is 0 Å². The zero-order valence-electron chi connectivity index (χ0n) is 10.4. The van der Waals surface area contributed by atoms with Gasteiger partial charge >= 0.3 is 5.97 Å². The molecule has 0 heterocycles. The molecule has 5 heteroatoms. The number of rotatable bonds is 5. The molecular weight excluding hydrogens is 220 g/mol. The Balaban J connectivity index is 2.21. The summed E-state index contributed by atoms with van der Waals surface area (Å²) in [6.45, 7) is 1.60. The number of carbonyl (C=O) groups excluding carboxylic acids is 1. The molecule has 0 unspecified atom stereocenters. The summed E-state index contributed by atoms with van der Waals surface area (Å²) in [5.74, 6) is -1.04. The lowest BCUT2D eigenvalue weighted by Gasteiger charge is -2.17. The van der Waals surface area contributed by atoms with Crippen molar-refractivity contribution in [3.8, 4) is 0 Å². The standard InChI is InChI=1S/C12H22N2O3/c1-9(12(16)17)13-8-11(15)14-10-6-4-2-3-5-7-10/h9-10,13H,2-8H2,1H3,(H,14,15)(H,16,17)/t9-/m1/s1. The molecule has 1 aliphatic rings. The number of carboxylic acids is 1. The number of amides is 1. The van der Waals surface area contributed by atoms with Crippen LogP contribution < -0.4 is 10.6 Å². The van der Waals surface area contributed by atoms with Crippen LogP contribution in [0.25, 0.3) is 0 Å². The first-order valence-electron chi connectivity index (χ1n) is 6.35. The predicted molar refractivity (Wildman–Crippen MR) is 64.7 cm³/mol. The quantitative estimate of drug-likeness (QED) is 0.626. The maximum absolute atomic E-state index is 11.6. The zero-order valence-corrected chi connectivity index (χ0v) is 10.4. The lowest BCUT2D eigenvalue weighted by atomic mass is 10.1. The van der Waals surface area contributed by atoms with Crippen LogP contribution in [0.1, 0.15) is 45.4 Å². The highest BCUT2D eigenvalue weighted by Crippen LogP contribution is 2.16. The second-order valence-electron chi connectivity index (χ2n) is 4.70. The van der Waals surface area contributed by atoms with Gasteiger partial charge in [-0.1, -0.05) is 25.7 Å². The molecule has 0 aromatic carbocycles. The van der Waals surface area contributed by atoms with Crippen LogP contribution in [0, 0.1) is 0 Å². The van der Waals surface area contributed by atoms with Crippen LogP contribution in [0.4, 0.5) is 0 Å². The van der Waals surface area contributed by atoms with E-state index < -0.39 is 12.0 Å². The molecule has 98 valence electrons. The molecule has 1 fully saturated rings. The molecule has 0 spiro atoms. The first-order valence-corrected chi connectivity index (χ1v) is 6.35. The van der Waals surface area contributed by atoms with E-state index in [0.29, 0.717) is 0 Å². The van der Waals surface area contributed by atoms with Crippen LogP contribution in [0.15, 0.2) is 0 Å². The van der Waals surface area contributed by atoms with Crippen LogP contribution in [-0.4, -0.2) is 35.6 Å². The molecule has 0 saturated heterocycles. The minimum atomic E-state index is -0.938. The number of nitrogens with one attached hydrogen (secondary N) is 2. The Bertz CT molecular complexity index is 260. The smallest absolute Gasteiger partial charge is 0.320 e. The molecule has 1 atom stereocenters. The molecule has 5 nitrogen and oxygen atoms in total. The summed E-state index contributed by atoms with van der Waals surface area (Å²) in [6.07, 6.45) is 6.93. The van der Waals surface area contributed by atoms with E-state index in [4.69, 9.17) is 5.11 Å². The molecule has 0 bridgehead atoms. The van der Waals surface area contributed by atoms with Gasteiger partial charge in [0.2, 0.25) is 5.91 Å². The molecule has 3 N–H and O–H groups in total. The Morgan fingerprint density at radius 2 is 1.82 bits per heavy atom. The van der Waals surface area contributed by atoms with Crippen molar-refractivity contribution in [2.24, 2.45) is 0 Å². The molecule has 1 aliphatic carbocycles. The Kier molecular flexibility index (Phi) is 5.97. The van der Waals surface area contributed by atoms with Crippen molar-refractivity contribution < 1.29 is 14.7 Å². The third-order valence-electron chi connectivity index (χ3n) is 3.16. The Morgan fingerprint density at radius 1 is 1.24 bits per heavy atom. The molecule has 0 aromatic rings. The molecule has 0 aromatic heterocycles. The fourth-order valence-electron chi connectivity index (χ4n) is 2.04. The first-order chi connectivity index (χ1) is 8.09. The molecule has 1 amide bonds. The molecule has 1 saturated carbocycles. The van der Waals surface area contributed by atoms with Crippen molar-refractivity contribution in [2.45, 2.75) is 57.5 Å². The topological polar surface area (TPSA) is 78.4 Å². The number of hydrogen-bond acceptors (Lipinski definition) is 3. The van der Waals surface area contributed by atoms with Gasteiger partial charge in [0, 0.05) is 6.04 Å². The van der Waals surface area contributed by atoms with E-state index in [2.05, 4.69) is 10.6 Å². The summed E-state index contributed by atoms with van der Waals surface area (Å²) in [7, 11) is 0. The maximum atomic E-state index is 11.6. The molecule has 0 radical (unpaired) electrons. The minimum Gasteiger partial charge on any atom is -0.480 e. The van der Waals surface area contributed by atoms with Gasteiger partial charge in [0.25, 0.3) is 0 Å². The Labute approximate surface area is 102 Å². The Hall–Kier alpha value is -1.10. The summed E-state index contributed by atoms with van der Waals surface area (Å²) < 4.78 is 0. The minimum absolute atomic E-state index is 0.0734. The van der Waals surface area contributed by atoms with Crippen LogP contribution in [-0.2, 0) is 9.59 Å². The molecular formula is C12H22N2O3. The number of carbonyl (C=O) groups is 2. The third kappa shape index (κ3) is 5.68. The average molecular weight is 242 g/mol. The van der Waals surface area contributed by atoms with Crippen molar-refractivity contribution in [1.82, 2.24) is 10.6 Å². The largest absolute Gasteiger partial charge is 0.480 e. The van der Waals surface area contributed by atoms with Crippen LogP contribution in [0.2, 0.25) is 0 Å². The van der Waals surface area contributed by atoms with E-state index in [9.17, 15) is 9.59 Å². The molecule has 1 rings (SSSR count). The maximum Gasteiger partial charge on any atom is 0.320 e. The van der Waals surface area contributed by atoms with Gasteiger partial charge in [-0.2, -0.15) is 0 Å². The highest BCUT2D eigenvalue weighted by molar-refractivity contribution is 5.79. The van der Waals surface area contributed by atoms with E-state index in [1.54, 1.807) is 0 Å². The van der Waals surface area contributed by atoms with Crippen molar-refractivity contribution in [3.63, 3.8) is 0 Å². The number of hydrogen-bond donors (Lipinski definition) is 3. The second-order valence-corrected chi connectivity index (χ2v) is 4.70. The highest BCUT2D eigenvalue weighted by atomic mass is 16.4. The number of aliphatic carboxylic acids is 1. The van der Waals surface area contributed by atoms with E-state index in [1.165, 1.54) is 32.6 Å². The van der Waals surface area contributed by atoms with Gasteiger partial charge in [-0.15, -0.1) is 0 Å². The van der Waals surface area contributed by atoms with Crippen molar-refractivity contribution in [2.75, 3.05) is 6.54 Å². The normalized spacial score (nSPS) is 19.4. The van der Waals surface area contributed by atoms with Crippen molar-refractivity contribution in [1.29, 1.82) is 0 Å². The summed E-state index contributed by atoms with van der Waals surface area (Å²) >= 11 is 0. The summed E-state index contributed by atoms with van der Waals surface area (Å²) in [6, 6.07) is -0.415. The van der Waals surface area contributed by atoms with E-state index >= 15 is 0 Å². The summed E-state index contributed by atoms with van der Waals surface area (Å²) in [5, 5.41) is 14.3. The van der Waals surface area contributed by atoms with Crippen LogP contribution in [0.3, 0.4) is 0 Å². The van der Waals surface area contributed by atoms with Crippen molar-refractivity contribution in [3.05, 3.63) is 0 Å². The number of carboxylic acid groups (broad SMARTS) is 1. The van der Waals surface area contributed by atoms with Gasteiger partial charge in [-0.05, 0) is 19.8 Å². The average Bonchev–Trinajstić information content (AvgIpc) is 2.54. The van der Waals surface area contributed by atoms with E-state index in [0.717, 1.165) is 12.8 Å². The zero-order chi connectivity index (χ0) is 12.7. The van der Waals surface area contributed by atoms with Gasteiger partial charge in [0.15, 0.2) is 0 Å². The van der Waals surface area contributed by atoms with E-state index in [1.807, 2.05) is 0 Å². The van der Waals surface area contributed by atoms with Crippen LogP contribution >= 0.6 is 0 Å². The second kappa shape index (κ2) is 7.27. The van der Waals surface area contributed by atoms with Crippen LogP contribution in [0.5, 0.6) is 0 Å². The van der Waals surface area contributed by atoms with Gasteiger partial charge in [-0.3, -0.25) is 14.9 Å². The molecule has 0 aliphatic heterocycles. The van der Waals surface area contributed by atoms with Gasteiger partial charge in [0.1, 0.15) is 6.04 Å². The lowest BCUT2D eigenvalue weighted by Crippen LogP contribution is -2.44. The lowest BCUT2D eigenvalue weighted by molar-refractivity contribution is -0.139. The highest BCUT2D eigenvalue weighted by Gasteiger charge is 2.16. The van der Waals surface area contributed by atoms with E-state index in [-0.39, 0.29) is 18.5 Å². The summed E-state index contributed by atoms with van der Waals surface area (Å²) in [4.78, 5) is 22.1. The first kappa shape index (κ1) is 14.0. The monoisotopic (exact) mass is 242 g/mol. The SMILES string of the molecule is C[C@@H](NCC(=O)NC1CCCCCC1)C(=O)O. The third-order valence-corrected chi connectivity index (χ3v) is 3.16.